The third-order valence-corrected chi connectivity index (χ3v) is 6.42. The van der Waals surface area contributed by atoms with Gasteiger partial charge in [-0.2, -0.15) is 4.31 Å². The summed E-state index contributed by atoms with van der Waals surface area (Å²) < 4.78 is 33.3. The number of hydrogen-bond acceptors (Lipinski definition) is 6. The molecule has 2 rings (SSSR count). The van der Waals surface area contributed by atoms with Crippen LogP contribution in [0, 0.1) is 0 Å². The molecule has 0 radical (unpaired) electrons. The maximum Gasteiger partial charge on any atom is 0.251 e. The predicted molar refractivity (Wildman–Crippen MR) is 113 cm³/mol. The van der Waals surface area contributed by atoms with Gasteiger partial charge in [0, 0.05) is 43.7 Å². The molecule has 9 nitrogen and oxygen atoms in total. The molecule has 10 heteroatoms. The van der Waals surface area contributed by atoms with Crippen molar-refractivity contribution in [2.45, 2.75) is 45.2 Å². The van der Waals surface area contributed by atoms with E-state index in [4.69, 9.17) is 4.74 Å². The molecule has 0 atom stereocenters. The lowest BCUT2D eigenvalue weighted by molar-refractivity contribution is -0.121. The van der Waals surface area contributed by atoms with Gasteiger partial charge in [0.05, 0.1) is 11.5 Å². The van der Waals surface area contributed by atoms with Gasteiger partial charge in [0.1, 0.15) is 6.54 Å². The van der Waals surface area contributed by atoms with Crippen LogP contribution in [0.2, 0.25) is 0 Å². The second-order valence-electron chi connectivity index (χ2n) is 6.51. The molecule has 0 saturated carbocycles. The van der Waals surface area contributed by atoms with Gasteiger partial charge in [-0.15, -0.1) is 0 Å². The highest BCUT2D eigenvalue weighted by atomic mass is 32.2. The summed E-state index contributed by atoms with van der Waals surface area (Å²) in [6.07, 6.45) is 3.64. The number of hydrogen-bond donors (Lipinski definition) is 1. The van der Waals surface area contributed by atoms with Gasteiger partial charge in [0.2, 0.25) is 21.8 Å². The Hall–Kier alpha value is -2.72. The van der Waals surface area contributed by atoms with E-state index in [0.29, 0.717) is 31.1 Å². The van der Waals surface area contributed by atoms with E-state index in [1.165, 1.54) is 16.6 Å². The smallest absolute Gasteiger partial charge is 0.251 e. The van der Waals surface area contributed by atoms with Crippen molar-refractivity contribution in [3.8, 4) is 5.88 Å². The van der Waals surface area contributed by atoms with Crippen molar-refractivity contribution < 1.29 is 17.9 Å². The fraction of sp³-hybridized carbons (Fsp3) is 0.450. The highest BCUT2D eigenvalue weighted by Crippen LogP contribution is 2.15. The molecule has 0 fully saturated rings. The molecule has 0 aliphatic heterocycles. The molecule has 2 heterocycles. The fourth-order valence-electron chi connectivity index (χ4n) is 2.79. The first-order valence-electron chi connectivity index (χ1n) is 9.87. The summed E-state index contributed by atoms with van der Waals surface area (Å²) in [5.41, 5.74) is 0.251. The number of carbonyl (C=O) groups is 1. The highest BCUT2D eigenvalue weighted by Gasteiger charge is 2.22. The monoisotopic (exact) mass is 436 g/mol. The van der Waals surface area contributed by atoms with Crippen molar-refractivity contribution in [1.29, 1.82) is 0 Å². The first-order valence-corrected chi connectivity index (χ1v) is 11.3. The Bertz CT molecular complexity index is 1020. The summed E-state index contributed by atoms with van der Waals surface area (Å²) in [6.45, 7) is 6.47. The van der Waals surface area contributed by atoms with E-state index in [1.54, 1.807) is 32.2 Å². The minimum atomic E-state index is -3.73. The second kappa shape index (κ2) is 10.9. The Labute approximate surface area is 176 Å². The lowest BCUT2D eigenvalue weighted by Crippen LogP contribution is -2.34. The Morgan fingerprint density at radius 2 is 1.93 bits per heavy atom. The SMILES string of the molecule is CCCOc1ncccc1CNC(=O)Cn1cc(S(=O)(=O)N(CC)CC)ccc1=O. The molecule has 0 aromatic carbocycles. The molecular formula is C20H28N4O5S. The molecule has 164 valence electrons. The van der Waals surface area contributed by atoms with Crippen LogP contribution in [0.4, 0.5) is 0 Å². The lowest BCUT2D eigenvalue weighted by Gasteiger charge is -2.19. The molecule has 1 amide bonds. The maximum atomic E-state index is 12.7. The van der Waals surface area contributed by atoms with Crippen molar-refractivity contribution in [2.24, 2.45) is 0 Å². The lowest BCUT2D eigenvalue weighted by atomic mass is 10.2. The number of amides is 1. The molecule has 2 aromatic rings. The average Bonchev–Trinajstić information content (AvgIpc) is 2.73. The summed E-state index contributed by atoms with van der Waals surface area (Å²) in [5.74, 6) is 0.0175. The van der Waals surface area contributed by atoms with Crippen LogP contribution in [0.5, 0.6) is 5.88 Å². The van der Waals surface area contributed by atoms with Crippen molar-refractivity contribution >= 4 is 15.9 Å². The summed E-state index contributed by atoms with van der Waals surface area (Å²) in [5, 5.41) is 2.72. The van der Waals surface area contributed by atoms with Crippen LogP contribution < -0.4 is 15.6 Å². The number of nitrogens with one attached hydrogen (secondary N) is 1. The zero-order chi connectivity index (χ0) is 22.1. The largest absolute Gasteiger partial charge is 0.477 e. The van der Waals surface area contributed by atoms with Crippen molar-refractivity contribution in [3.63, 3.8) is 0 Å². The van der Waals surface area contributed by atoms with E-state index in [-0.39, 0.29) is 18.0 Å². The first-order chi connectivity index (χ1) is 14.3. The number of carbonyl (C=O) groups excluding carboxylic acids is 1. The molecule has 0 aliphatic rings. The molecule has 2 aromatic heterocycles. The van der Waals surface area contributed by atoms with Crippen LogP contribution in [-0.2, 0) is 27.9 Å². The van der Waals surface area contributed by atoms with Crippen LogP contribution in [0.15, 0.2) is 46.3 Å². The number of sulfonamides is 1. The Balaban J connectivity index is 2.12. The predicted octanol–water partition coefficient (Wildman–Crippen LogP) is 1.38. The van der Waals surface area contributed by atoms with E-state index in [2.05, 4.69) is 10.3 Å². The molecule has 30 heavy (non-hydrogen) atoms. The van der Waals surface area contributed by atoms with Gasteiger partial charge < -0.3 is 14.6 Å². The third kappa shape index (κ3) is 5.90. The molecule has 1 N–H and O–H groups in total. The summed E-state index contributed by atoms with van der Waals surface area (Å²) in [6, 6.07) is 5.95. The molecule has 0 saturated heterocycles. The molecule has 0 bridgehead atoms. The van der Waals surface area contributed by atoms with Crippen LogP contribution in [0.25, 0.3) is 0 Å². The topological polar surface area (TPSA) is 111 Å². The first kappa shape index (κ1) is 23.6. The zero-order valence-electron chi connectivity index (χ0n) is 17.5. The molecule has 0 unspecified atom stereocenters. The second-order valence-corrected chi connectivity index (χ2v) is 8.45. The van der Waals surface area contributed by atoms with E-state index < -0.39 is 21.5 Å². The number of nitrogens with zero attached hydrogens (tertiary/aromatic N) is 3. The fourth-order valence-corrected chi connectivity index (χ4v) is 4.27. The number of aromatic nitrogens is 2. The molecule has 0 spiro atoms. The van der Waals surface area contributed by atoms with Crippen LogP contribution in [0.3, 0.4) is 0 Å². The normalized spacial score (nSPS) is 11.5. The van der Waals surface area contributed by atoms with Crippen LogP contribution in [0.1, 0.15) is 32.8 Å². The number of rotatable bonds is 11. The van der Waals surface area contributed by atoms with Crippen molar-refractivity contribution in [3.05, 3.63) is 52.6 Å². The summed E-state index contributed by atoms with van der Waals surface area (Å²) in [4.78, 5) is 28.6. The van der Waals surface area contributed by atoms with E-state index in [9.17, 15) is 18.0 Å². The average molecular weight is 437 g/mol. The summed E-state index contributed by atoms with van der Waals surface area (Å²) >= 11 is 0. The van der Waals surface area contributed by atoms with Crippen LogP contribution in [-0.4, -0.2) is 47.9 Å². The Morgan fingerprint density at radius 1 is 1.20 bits per heavy atom. The van der Waals surface area contributed by atoms with Gasteiger partial charge in [-0.25, -0.2) is 13.4 Å². The molecule has 0 aliphatic carbocycles. The highest BCUT2D eigenvalue weighted by molar-refractivity contribution is 7.89. The third-order valence-electron chi connectivity index (χ3n) is 4.38. The van der Waals surface area contributed by atoms with Crippen molar-refractivity contribution in [1.82, 2.24) is 19.2 Å². The van der Waals surface area contributed by atoms with Gasteiger partial charge in [-0.05, 0) is 18.6 Å². The van der Waals surface area contributed by atoms with Gasteiger partial charge in [-0.1, -0.05) is 26.8 Å². The zero-order valence-corrected chi connectivity index (χ0v) is 18.3. The quantitative estimate of drug-likeness (QED) is 0.570. The van der Waals surface area contributed by atoms with Gasteiger partial charge in [0.15, 0.2) is 0 Å². The van der Waals surface area contributed by atoms with E-state index in [1.807, 2.05) is 6.92 Å². The van der Waals surface area contributed by atoms with Gasteiger partial charge in [0.25, 0.3) is 5.56 Å². The van der Waals surface area contributed by atoms with Crippen molar-refractivity contribution in [2.75, 3.05) is 19.7 Å². The number of ether oxygens (including phenoxy) is 1. The van der Waals surface area contributed by atoms with Crippen LogP contribution >= 0.6 is 0 Å². The van der Waals surface area contributed by atoms with E-state index >= 15 is 0 Å². The minimum absolute atomic E-state index is 0.0267. The van der Waals surface area contributed by atoms with E-state index in [0.717, 1.165) is 17.1 Å². The summed E-state index contributed by atoms with van der Waals surface area (Å²) in [7, 11) is -3.73. The molecular weight excluding hydrogens is 408 g/mol. The van der Waals surface area contributed by atoms with Gasteiger partial charge >= 0.3 is 0 Å². The standard InChI is InChI=1S/C20H28N4O5S/c1-4-12-29-20-16(8-7-11-21-20)13-22-18(25)15-23-14-17(9-10-19(23)26)30(27,28)24(5-2)6-3/h7-11,14H,4-6,12-13,15H2,1-3H3,(H,22,25). The Kier molecular flexibility index (Phi) is 8.55. The number of pyridine rings is 2. The maximum absolute atomic E-state index is 12.7. The Morgan fingerprint density at radius 3 is 2.60 bits per heavy atom. The van der Waals surface area contributed by atoms with Gasteiger partial charge in [-0.3, -0.25) is 9.59 Å². The minimum Gasteiger partial charge on any atom is -0.477 e.